The zero-order valence-corrected chi connectivity index (χ0v) is 9.90. The molecule has 2 heterocycles. The molecule has 0 saturated carbocycles. The number of nitrogens with zero attached hydrogens (tertiary/aromatic N) is 3. The molecule has 0 unspecified atom stereocenters. The van der Waals surface area contributed by atoms with E-state index in [2.05, 4.69) is 35.3 Å². The van der Waals surface area contributed by atoms with Crippen LogP contribution in [0.3, 0.4) is 0 Å². The Bertz CT molecular complexity index is 461. The summed E-state index contributed by atoms with van der Waals surface area (Å²) in [5, 5.41) is 7.78. The van der Waals surface area contributed by atoms with Crippen molar-refractivity contribution in [1.29, 1.82) is 0 Å². The highest BCUT2D eigenvalue weighted by atomic mass is 15.2. The van der Waals surface area contributed by atoms with E-state index in [1.165, 1.54) is 5.56 Å². The molecule has 0 aliphatic rings. The third-order valence-corrected chi connectivity index (χ3v) is 2.50. The van der Waals surface area contributed by atoms with Crippen LogP contribution in [0, 0.1) is 0 Å². The van der Waals surface area contributed by atoms with Gasteiger partial charge in [-0.2, -0.15) is 5.10 Å². The zero-order chi connectivity index (χ0) is 11.4. The number of rotatable bonds is 5. The van der Waals surface area contributed by atoms with Crippen LogP contribution in [0.25, 0.3) is 5.65 Å². The van der Waals surface area contributed by atoms with Crippen molar-refractivity contribution in [3.05, 3.63) is 29.7 Å². The van der Waals surface area contributed by atoms with Gasteiger partial charge in [-0.25, -0.2) is 9.50 Å². The number of aryl methyl sites for hydroxylation is 1. The molecule has 2 aromatic heterocycles. The lowest BCUT2D eigenvalue weighted by molar-refractivity contribution is 0.715. The summed E-state index contributed by atoms with van der Waals surface area (Å²) < 4.78 is 1.87. The van der Waals surface area contributed by atoms with E-state index in [-0.39, 0.29) is 0 Å². The van der Waals surface area contributed by atoms with Crippen molar-refractivity contribution in [3.63, 3.8) is 0 Å². The molecule has 1 N–H and O–H groups in total. The molecule has 0 aliphatic carbocycles. The van der Waals surface area contributed by atoms with Crippen molar-refractivity contribution in [2.24, 2.45) is 0 Å². The van der Waals surface area contributed by atoms with Gasteiger partial charge in [0.2, 0.25) is 0 Å². The van der Waals surface area contributed by atoms with Gasteiger partial charge < -0.3 is 5.32 Å². The molecule has 0 bridgehead atoms. The lowest BCUT2D eigenvalue weighted by atomic mass is 10.2. The predicted octanol–water partition coefficient (Wildman–Crippen LogP) is 1.79. The third-order valence-electron chi connectivity index (χ3n) is 2.50. The van der Waals surface area contributed by atoms with Crippen LogP contribution in [0.1, 0.15) is 31.5 Å². The molecule has 4 heteroatoms. The summed E-state index contributed by atoms with van der Waals surface area (Å²) in [7, 11) is 0. The summed E-state index contributed by atoms with van der Waals surface area (Å²) in [5.41, 5.74) is 3.22. The van der Waals surface area contributed by atoms with E-state index in [0.717, 1.165) is 37.3 Å². The first-order valence-electron chi connectivity index (χ1n) is 5.87. The molecule has 0 saturated heterocycles. The summed E-state index contributed by atoms with van der Waals surface area (Å²) in [6, 6.07) is 2.06. The van der Waals surface area contributed by atoms with E-state index in [9.17, 15) is 0 Å². The molecule has 2 aromatic rings. The van der Waals surface area contributed by atoms with Crippen molar-refractivity contribution in [1.82, 2.24) is 19.9 Å². The van der Waals surface area contributed by atoms with Gasteiger partial charge in [-0.1, -0.05) is 20.3 Å². The molecular formula is C12H18N4. The first-order valence-corrected chi connectivity index (χ1v) is 5.87. The molecule has 0 fully saturated rings. The van der Waals surface area contributed by atoms with Crippen LogP contribution in [0.5, 0.6) is 0 Å². The Kier molecular flexibility index (Phi) is 3.51. The Morgan fingerprint density at radius 1 is 1.38 bits per heavy atom. The van der Waals surface area contributed by atoms with Crippen LogP contribution < -0.4 is 5.32 Å². The van der Waals surface area contributed by atoms with Crippen molar-refractivity contribution in [2.45, 2.75) is 33.2 Å². The van der Waals surface area contributed by atoms with Gasteiger partial charge in [-0.15, -0.1) is 0 Å². The minimum absolute atomic E-state index is 0.850. The van der Waals surface area contributed by atoms with Crippen molar-refractivity contribution < 1.29 is 0 Å². The van der Waals surface area contributed by atoms with E-state index >= 15 is 0 Å². The molecule has 16 heavy (non-hydrogen) atoms. The highest BCUT2D eigenvalue weighted by Gasteiger charge is 2.02. The van der Waals surface area contributed by atoms with Crippen LogP contribution in [0.2, 0.25) is 0 Å². The van der Waals surface area contributed by atoms with Gasteiger partial charge in [-0.3, -0.25) is 0 Å². The summed E-state index contributed by atoms with van der Waals surface area (Å²) >= 11 is 0. The average molecular weight is 218 g/mol. The van der Waals surface area contributed by atoms with E-state index < -0.39 is 0 Å². The molecule has 4 nitrogen and oxygen atoms in total. The van der Waals surface area contributed by atoms with E-state index in [1.807, 2.05) is 16.9 Å². The molecule has 86 valence electrons. The molecule has 0 aliphatic heterocycles. The summed E-state index contributed by atoms with van der Waals surface area (Å²) in [6.07, 6.45) is 6.10. The first-order chi connectivity index (χ1) is 7.83. The minimum atomic E-state index is 0.850. The quantitative estimate of drug-likeness (QED) is 0.832. The standard InChI is InChI=1S/C12H18N4/c1-3-5-11-6-12-14-8-10(7-13-4-2)9-16(12)15-11/h6,8-9,13H,3-5,7H2,1-2H3. The fourth-order valence-electron chi connectivity index (χ4n) is 1.70. The zero-order valence-electron chi connectivity index (χ0n) is 9.90. The largest absolute Gasteiger partial charge is 0.313 e. The number of hydrogen-bond acceptors (Lipinski definition) is 3. The fraction of sp³-hybridized carbons (Fsp3) is 0.500. The Labute approximate surface area is 95.7 Å². The lowest BCUT2D eigenvalue weighted by Crippen LogP contribution is -2.12. The Morgan fingerprint density at radius 3 is 3.00 bits per heavy atom. The topological polar surface area (TPSA) is 42.2 Å². The van der Waals surface area contributed by atoms with E-state index in [4.69, 9.17) is 0 Å². The van der Waals surface area contributed by atoms with Crippen LogP contribution in [-0.4, -0.2) is 21.1 Å². The molecular weight excluding hydrogens is 200 g/mol. The molecule has 0 atom stereocenters. The smallest absolute Gasteiger partial charge is 0.155 e. The van der Waals surface area contributed by atoms with Crippen LogP contribution in [0.15, 0.2) is 18.5 Å². The second kappa shape index (κ2) is 5.07. The maximum atomic E-state index is 4.50. The average Bonchev–Trinajstić information content (AvgIpc) is 2.68. The van der Waals surface area contributed by atoms with Gasteiger partial charge >= 0.3 is 0 Å². The number of hydrogen-bond donors (Lipinski definition) is 1. The Morgan fingerprint density at radius 2 is 2.25 bits per heavy atom. The number of fused-ring (bicyclic) bond motifs is 1. The molecule has 2 rings (SSSR count). The predicted molar refractivity (Wildman–Crippen MR) is 64.4 cm³/mol. The number of nitrogens with one attached hydrogen (secondary N) is 1. The maximum absolute atomic E-state index is 4.50. The van der Waals surface area contributed by atoms with Crippen molar-refractivity contribution in [3.8, 4) is 0 Å². The third kappa shape index (κ3) is 2.39. The molecule has 0 radical (unpaired) electrons. The van der Waals surface area contributed by atoms with Gasteiger partial charge in [0.1, 0.15) is 0 Å². The molecule has 0 spiro atoms. The summed E-state index contributed by atoms with van der Waals surface area (Å²) in [5.74, 6) is 0. The highest BCUT2D eigenvalue weighted by Crippen LogP contribution is 2.07. The Hall–Kier alpha value is -1.42. The minimum Gasteiger partial charge on any atom is -0.313 e. The summed E-state index contributed by atoms with van der Waals surface area (Å²) in [6.45, 7) is 6.08. The molecule has 0 amide bonds. The fourth-order valence-corrected chi connectivity index (χ4v) is 1.70. The van der Waals surface area contributed by atoms with Crippen LogP contribution in [0.4, 0.5) is 0 Å². The van der Waals surface area contributed by atoms with Gasteiger partial charge in [0.25, 0.3) is 0 Å². The van der Waals surface area contributed by atoms with E-state index in [1.54, 1.807) is 0 Å². The maximum Gasteiger partial charge on any atom is 0.155 e. The van der Waals surface area contributed by atoms with Crippen LogP contribution >= 0.6 is 0 Å². The van der Waals surface area contributed by atoms with E-state index in [0.29, 0.717) is 0 Å². The second-order valence-corrected chi connectivity index (χ2v) is 3.93. The van der Waals surface area contributed by atoms with Gasteiger partial charge in [0.15, 0.2) is 5.65 Å². The van der Waals surface area contributed by atoms with Gasteiger partial charge in [-0.05, 0) is 13.0 Å². The first kappa shape index (κ1) is 11.1. The van der Waals surface area contributed by atoms with Crippen molar-refractivity contribution >= 4 is 5.65 Å². The van der Waals surface area contributed by atoms with Gasteiger partial charge in [0.05, 0.1) is 5.69 Å². The highest BCUT2D eigenvalue weighted by molar-refractivity contribution is 5.39. The molecule has 0 aromatic carbocycles. The van der Waals surface area contributed by atoms with Gasteiger partial charge in [0, 0.05) is 30.6 Å². The van der Waals surface area contributed by atoms with Crippen LogP contribution in [-0.2, 0) is 13.0 Å². The monoisotopic (exact) mass is 218 g/mol. The normalized spacial score (nSPS) is 11.1. The number of aromatic nitrogens is 3. The van der Waals surface area contributed by atoms with Crippen molar-refractivity contribution in [2.75, 3.05) is 6.54 Å². The Balaban J connectivity index is 2.23. The summed E-state index contributed by atoms with van der Waals surface area (Å²) in [4.78, 5) is 4.40. The SMILES string of the molecule is CCCc1cc2ncc(CNCC)cn2n1. The lowest BCUT2D eigenvalue weighted by Gasteiger charge is -2.01. The second-order valence-electron chi connectivity index (χ2n) is 3.93.